The van der Waals surface area contributed by atoms with Crippen LogP contribution in [0.2, 0.25) is 0 Å². The third-order valence-electron chi connectivity index (χ3n) is 4.18. The van der Waals surface area contributed by atoms with Crippen molar-refractivity contribution in [3.05, 3.63) is 29.8 Å². The maximum Gasteiger partial charge on any atom is 0.306 e. The zero-order valence-corrected chi connectivity index (χ0v) is 13.5. The van der Waals surface area contributed by atoms with Crippen molar-refractivity contribution < 1.29 is 19.1 Å². The Morgan fingerprint density at radius 3 is 2.71 bits per heavy atom. The Morgan fingerprint density at radius 2 is 2.04 bits per heavy atom. The highest BCUT2D eigenvalue weighted by Crippen LogP contribution is 2.43. The molecule has 3 unspecified atom stereocenters. The molecule has 7 nitrogen and oxygen atoms in total. The van der Waals surface area contributed by atoms with Crippen LogP contribution in [0.25, 0.3) is 0 Å². The quantitative estimate of drug-likeness (QED) is 0.799. The van der Waals surface area contributed by atoms with Crippen LogP contribution < -0.4 is 10.7 Å². The molecule has 1 aromatic rings. The van der Waals surface area contributed by atoms with Gasteiger partial charge in [-0.2, -0.15) is 5.10 Å². The molecule has 1 heterocycles. The van der Waals surface area contributed by atoms with Crippen LogP contribution in [-0.2, 0) is 19.1 Å². The summed E-state index contributed by atoms with van der Waals surface area (Å²) in [5, 5.41) is 6.84. The molecule has 1 aromatic carbocycles. The summed E-state index contributed by atoms with van der Waals surface area (Å²) < 4.78 is 4.97. The maximum absolute atomic E-state index is 12.0. The van der Waals surface area contributed by atoms with Crippen LogP contribution in [0.1, 0.15) is 32.3 Å². The molecule has 0 radical (unpaired) electrons. The molecule has 3 rings (SSSR count). The number of benzene rings is 1. The molecule has 0 spiro atoms. The molecule has 2 amide bonds. The second kappa shape index (κ2) is 6.43. The third-order valence-corrected chi connectivity index (χ3v) is 4.18. The minimum absolute atomic E-state index is 0.0109. The van der Waals surface area contributed by atoms with Gasteiger partial charge < -0.3 is 10.1 Å². The van der Waals surface area contributed by atoms with Gasteiger partial charge in [-0.15, -0.1) is 0 Å². The highest BCUT2D eigenvalue weighted by Gasteiger charge is 2.49. The number of fused-ring (bicyclic) bond motifs is 1. The molecule has 7 heteroatoms. The standard InChI is InChI=1S/C17H19N3O4/c1-3-14(21)24-9(2)16(22)18-11-6-4-10(5-7-11)15-12-8-13(12)17(23)20-19-15/h4-7,9,12-13H,3,8H2,1-2H3,(H,18,22)(H,20,23). The Hall–Kier alpha value is -2.70. The van der Waals surface area contributed by atoms with Gasteiger partial charge in [0.15, 0.2) is 6.10 Å². The zero-order valence-electron chi connectivity index (χ0n) is 13.5. The monoisotopic (exact) mass is 329 g/mol. The SMILES string of the molecule is CCC(=O)OC(C)C(=O)Nc1ccc(C2=NNC(=O)C3CC23)cc1. The van der Waals surface area contributed by atoms with Crippen LogP contribution >= 0.6 is 0 Å². The average Bonchev–Trinajstić information content (AvgIpc) is 3.37. The largest absolute Gasteiger partial charge is 0.453 e. The number of hydrogen-bond acceptors (Lipinski definition) is 5. The number of carbonyl (C=O) groups excluding carboxylic acids is 3. The van der Waals surface area contributed by atoms with E-state index in [4.69, 9.17) is 4.74 Å². The smallest absolute Gasteiger partial charge is 0.306 e. The summed E-state index contributed by atoms with van der Waals surface area (Å²) in [6.07, 6.45) is 0.221. The van der Waals surface area contributed by atoms with Crippen molar-refractivity contribution in [1.29, 1.82) is 0 Å². The van der Waals surface area contributed by atoms with E-state index in [2.05, 4.69) is 15.8 Å². The molecular weight excluding hydrogens is 310 g/mol. The molecule has 2 aliphatic rings. The van der Waals surface area contributed by atoms with Gasteiger partial charge in [0.2, 0.25) is 5.91 Å². The Morgan fingerprint density at radius 1 is 1.33 bits per heavy atom. The lowest BCUT2D eigenvalue weighted by Gasteiger charge is -2.14. The fourth-order valence-electron chi connectivity index (χ4n) is 2.65. The summed E-state index contributed by atoms with van der Waals surface area (Å²) >= 11 is 0. The van der Waals surface area contributed by atoms with Crippen molar-refractivity contribution >= 4 is 29.2 Å². The lowest BCUT2D eigenvalue weighted by Crippen LogP contribution is -2.30. The van der Waals surface area contributed by atoms with E-state index in [1.807, 2.05) is 12.1 Å². The molecular formula is C17H19N3O4. The van der Waals surface area contributed by atoms with E-state index in [9.17, 15) is 14.4 Å². The van der Waals surface area contributed by atoms with Gasteiger partial charge in [0, 0.05) is 23.9 Å². The van der Waals surface area contributed by atoms with E-state index in [1.54, 1.807) is 19.1 Å². The maximum atomic E-state index is 12.0. The number of anilines is 1. The van der Waals surface area contributed by atoms with Crippen LogP contribution in [-0.4, -0.2) is 29.6 Å². The van der Waals surface area contributed by atoms with Gasteiger partial charge in [-0.25, -0.2) is 5.43 Å². The van der Waals surface area contributed by atoms with E-state index in [-0.39, 0.29) is 30.1 Å². The van der Waals surface area contributed by atoms with Gasteiger partial charge in [-0.05, 0) is 31.0 Å². The number of nitrogens with zero attached hydrogens (tertiary/aromatic N) is 1. The predicted molar refractivity (Wildman–Crippen MR) is 87.2 cm³/mol. The summed E-state index contributed by atoms with van der Waals surface area (Å²) in [6, 6.07) is 7.23. The first-order valence-corrected chi connectivity index (χ1v) is 7.97. The lowest BCUT2D eigenvalue weighted by atomic mass is 10.0. The van der Waals surface area contributed by atoms with Crippen molar-refractivity contribution in [1.82, 2.24) is 5.43 Å². The first-order valence-electron chi connectivity index (χ1n) is 7.97. The molecule has 0 aromatic heterocycles. The Bertz CT molecular complexity index is 711. The Labute approximate surface area is 139 Å². The van der Waals surface area contributed by atoms with Gasteiger partial charge in [-0.1, -0.05) is 19.1 Å². The molecule has 126 valence electrons. The molecule has 1 fully saturated rings. The van der Waals surface area contributed by atoms with E-state index in [1.165, 1.54) is 6.92 Å². The Kier molecular flexibility index (Phi) is 4.33. The number of ether oxygens (including phenoxy) is 1. The van der Waals surface area contributed by atoms with Crippen LogP contribution in [0.5, 0.6) is 0 Å². The number of rotatable bonds is 5. The highest BCUT2D eigenvalue weighted by molar-refractivity contribution is 6.09. The number of hydrazone groups is 1. The number of carbonyl (C=O) groups is 3. The average molecular weight is 329 g/mol. The second-order valence-corrected chi connectivity index (χ2v) is 5.97. The van der Waals surface area contributed by atoms with Gasteiger partial charge in [0.25, 0.3) is 5.91 Å². The Balaban J connectivity index is 1.62. The van der Waals surface area contributed by atoms with E-state index in [0.29, 0.717) is 5.69 Å². The molecule has 1 saturated carbocycles. The van der Waals surface area contributed by atoms with E-state index < -0.39 is 12.1 Å². The number of nitrogens with one attached hydrogen (secondary N) is 2. The number of amides is 2. The summed E-state index contributed by atoms with van der Waals surface area (Å²) in [5.74, 6) is -0.555. The van der Waals surface area contributed by atoms with Gasteiger partial charge >= 0.3 is 5.97 Å². The number of esters is 1. The van der Waals surface area contributed by atoms with Crippen molar-refractivity contribution in [3.63, 3.8) is 0 Å². The molecule has 2 N–H and O–H groups in total. The summed E-state index contributed by atoms with van der Waals surface area (Å²) in [6.45, 7) is 3.20. The van der Waals surface area contributed by atoms with Crippen LogP contribution in [0.15, 0.2) is 29.4 Å². The molecule has 0 saturated heterocycles. The molecule has 3 atom stereocenters. The van der Waals surface area contributed by atoms with Gasteiger partial charge in [0.05, 0.1) is 5.71 Å². The van der Waals surface area contributed by atoms with Crippen LogP contribution in [0, 0.1) is 11.8 Å². The van der Waals surface area contributed by atoms with Crippen molar-refractivity contribution in [2.75, 3.05) is 5.32 Å². The van der Waals surface area contributed by atoms with E-state index in [0.717, 1.165) is 17.7 Å². The van der Waals surface area contributed by atoms with Gasteiger partial charge in [0.1, 0.15) is 0 Å². The van der Waals surface area contributed by atoms with Crippen molar-refractivity contribution in [3.8, 4) is 0 Å². The highest BCUT2D eigenvalue weighted by atomic mass is 16.5. The molecule has 24 heavy (non-hydrogen) atoms. The van der Waals surface area contributed by atoms with E-state index >= 15 is 0 Å². The fraction of sp³-hybridized carbons (Fsp3) is 0.412. The van der Waals surface area contributed by atoms with Crippen molar-refractivity contribution in [2.24, 2.45) is 16.9 Å². The normalized spacial score (nSPS) is 22.6. The molecule has 1 aliphatic carbocycles. The number of hydrogen-bond donors (Lipinski definition) is 2. The molecule has 1 aliphatic heterocycles. The summed E-state index contributed by atoms with van der Waals surface area (Å²) in [4.78, 5) is 34.6. The minimum atomic E-state index is -0.845. The first kappa shape index (κ1) is 16.2. The van der Waals surface area contributed by atoms with Crippen molar-refractivity contribution in [2.45, 2.75) is 32.8 Å². The van der Waals surface area contributed by atoms with Crippen LogP contribution in [0.4, 0.5) is 5.69 Å². The summed E-state index contributed by atoms with van der Waals surface area (Å²) in [5.41, 5.74) is 4.95. The second-order valence-electron chi connectivity index (χ2n) is 5.97. The van der Waals surface area contributed by atoms with Gasteiger partial charge in [-0.3, -0.25) is 14.4 Å². The lowest BCUT2D eigenvalue weighted by molar-refractivity contribution is -0.152. The topological polar surface area (TPSA) is 96.9 Å². The fourth-order valence-corrected chi connectivity index (χ4v) is 2.65. The predicted octanol–water partition coefficient (Wildman–Crippen LogP) is 1.44. The van der Waals surface area contributed by atoms with Crippen LogP contribution in [0.3, 0.4) is 0 Å². The summed E-state index contributed by atoms with van der Waals surface area (Å²) in [7, 11) is 0. The zero-order chi connectivity index (χ0) is 17.3. The molecule has 0 bridgehead atoms. The minimum Gasteiger partial charge on any atom is -0.453 e. The first-order chi connectivity index (χ1) is 11.5. The third kappa shape index (κ3) is 3.29.